The highest BCUT2D eigenvalue weighted by molar-refractivity contribution is 5.86. The first-order chi connectivity index (χ1) is 12.7. The largest absolute Gasteiger partial charge is 0.478 e. The number of aromatic carboxylic acids is 1. The van der Waals surface area contributed by atoms with E-state index in [-0.39, 0.29) is 18.2 Å². The van der Waals surface area contributed by atoms with Gasteiger partial charge in [-0.1, -0.05) is 42.5 Å². The highest BCUT2D eigenvalue weighted by atomic mass is 16.4. The van der Waals surface area contributed by atoms with E-state index < -0.39 is 5.97 Å². The fourth-order valence-electron chi connectivity index (χ4n) is 2.93. The van der Waals surface area contributed by atoms with Crippen LogP contribution in [0, 0.1) is 0 Å². The van der Waals surface area contributed by atoms with Crippen molar-refractivity contribution >= 4 is 18.0 Å². The van der Waals surface area contributed by atoms with Crippen molar-refractivity contribution in [2.45, 2.75) is 6.04 Å². The van der Waals surface area contributed by atoms with Crippen molar-refractivity contribution in [3.05, 3.63) is 59.9 Å². The van der Waals surface area contributed by atoms with Crippen molar-refractivity contribution in [3.63, 3.8) is 0 Å². The number of carboxylic acids is 1. The lowest BCUT2D eigenvalue weighted by Gasteiger charge is -2.37. The zero-order valence-corrected chi connectivity index (χ0v) is 14.4. The molecule has 0 saturated carbocycles. The number of aliphatic hydroxyl groups is 1. The van der Waals surface area contributed by atoms with Crippen LogP contribution in [-0.4, -0.2) is 69.9 Å². The summed E-state index contributed by atoms with van der Waals surface area (Å²) in [6.07, 6.45) is 6.72. The molecule has 1 aromatic carbocycles. The maximum Gasteiger partial charge on any atom is 0.338 e. The van der Waals surface area contributed by atoms with E-state index in [1.165, 1.54) is 12.4 Å². The van der Waals surface area contributed by atoms with Crippen LogP contribution in [0.2, 0.25) is 0 Å². The minimum atomic E-state index is -1.03. The van der Waals surface area contributed by atoms with Gasteiger partial charge >= 0.3 is 5.97 Å². The number of anilines is 1. The van der Waals surface area contributed by atoms with E-state index in [4.69, 9.17) is 5.11 Å². The first-order valence-electron chi connectivity index (χ1n) is 8.56. The van der Waals surface area contributed by atoms with Crippen LogP contribution in [0.1, 0.15) is 15.9 Å². The number of carbonyl (C=O) groups is 1. The molecule has 1 aromatic heterocycles. The first kappa shape index (κ1) is 18.0. The average Bonchev–Trinajstić information content (AvgIpc) is 2.70. The van der Waals surface area contributed by atoms with Crippen LogP contribution in [-0.2, 0) is 0 Å². The van der Waals surface area contributed by atoms with Crippen molar-refractivity contribution in [2.24, 2.45) is 0 Å². The molecule has 1 fully saturated rings. The summed E-state index contributed by atoms with van der Waals surface area (Å²) in [4.78, 5) is 23.4. The van der Waals surface area contributed by atoms with Gasteiger partial charge in [-0.15, -0.1) is 0 Å². The van der Waals surface area contributed by atoms with Gasteiger partial charge in [0, 0.05) is 38.6 Å². The molecule has 7 nitrogen and oxygen atoms in total. The molecular weight excluding hydrogens is 332 g/mol. The molecule has 1 aliphatic rings. The Kier molecular flexibility index (Phi) is 5.93. The van der Waals surface area contributed by atoms with Crippen molar-refractivity contribution in [3.8, 4) is 0 Å². The summed E-state index contributed by atoms with van der Waals surface area (Å²) in [5, 5.41) is 18.6. The number of hydrogen-bond donors (Lipinski definition) is 2. The maximum atomic E-state index is 10.9. The molecule has 0 amide bonds. The Bertz CT molecular complexity index is 741. The minimum Gasteiger partial charge on any atom is -0.478 e. The van der Waals surface area contributed by atoms with E-state index >= 15 is 0 Å². The van der Waals surface area contributed by atoms with Crippen LogP contribution in [0.25, 0.3) is 6.08 Å². The monoisotopic (exact) mass is 354 g/mol. The number of rotatable bonds is 6. The second-order valence-corrected chi connectivity index (χ2v) is 6.12. The Labute approximate surface area is 152 Å². The first-order valence-corrected chi connectivity index (χ1v) is 8.56. The van der Waals surface area contributed by atoms with Gasteiger partial charge in [-0.3, -0.25) is 4.90 Å². The Morgan fingerprint density at radius 3 is 2.35 bits per heavy atom. The molecular formula is C19H22N4O3. The van der Waals surface area contributed by atoms with Crippen molar-refractivity contribution < 1.29 is 15.0 Å². The summed E-state index contributed by atoms with van der Waals surface area (Å²) in [6, 6.07) is 9.98. The highest BCUT2D eigenvalue weighted by Gasteiger charge is 2.23. The Morgan fingerprint density at radius 2 is 1.77 bits per heavy atom. The van der Waals surface area contributed by atoms with Crippen LogP contribution >= 0.6 is 0 Å². The van der Waals surface area contributed by atoms with E-state index in [1.807, 2.05) is 47.4 Å². The SMILES string of the molecule is O=C(O)c1cnc(N2CCN(C(C=Cc3ccccc3)CO)CC2)nc1. The fourth-order valence-corrected chi connectivity index (χ4v) is 2.93. The predicted octanol–water partition coefficient (Wildman–Crippen LogP) is 1.37. The number of carboxylic acid groups (broad SMARTS) is 1. The maximum absolute atomic E-state index is 10.9. The summed E-state index contributed by atoms with van der Waals surface area (Å²) in [6.45, 7) is 3.06. The van der Waals surface area contributed by atoms with Gasteiger partial charge in [0.05, 0.1) is 18.2 Å². The van der Waals surface area contributed by atoms with Gasteiger partial charge in [0.1, 0.15) is 0 Å². The predicted molar refractivity (Wildman–Crippen MR) is 99.1 cm³/mol. The van der Waals surface area contributed by atoms with Crippen LogP contribution in [0.3, 0.4) is 0 Å². The lowest BCUT2D eigenvalue weighted by Crippen LogP contribution is -2.51. The van der Waals surface area contributed by atoms with Crippen molar-refractivity contribution in [2.75, 3.05) is 37.7 Å². The van der Waals surface area contributed by atoms with E-state index in [1.54, 1.807) is 0 Å². The van der Waals surface area contributed by atoms with Crippen LogP contribution in [0.15, 0.2) is 48.8 Å². The van der Waals surface area contributed by atoms with E-state index in [2.05, 4.69) is 14.9 Å². The average molecular weight is 354 g/mol. The number of nitrogens with zero attached hydrogens (tertiary/aromatic N) is 4. The highest BCUT2D eigenvalue weighted by Crippen LogP contribution is 2.14. The quantitative estimate of drug-likeness (QED) is 0.810. The van der Waals surface area contributed by atoms with E-state index in [0.29, 0.717) is 5.95 Å². The minimum absolute atomic E-state index is 0.0346. The lowest BCUT2D eigenvalue weighted by molar-refractivity contribution is 0.0696. The molecule has 136 valence electrons. The van der Waals surface area contributed by atoms with Gasteiger partial charge in [0.15, 0.2) is 0 Å². The van der Waals surface area contributed by atoms with Gasteiger partial charge in [-0.25, -0.2) is 14.8 Å². The normalized spacial score (nSPS) is 16.7. The van der Waals surface area contributed by atoms with Crippen LogP contribution in [0.5, 0.6) is 0 Å². The third-order valence-electron chi connectivity index (χ3n) is 4.45. The molecule has 2 N–H and O–H groups in total. The Morgan fingerprint density at radius 1 is 1.12 bits per heavy atom. The molecule has 26 heavy (non-hydrogen) atoms. The lowest BCUT2D eigenvalue weighted by atomic mass is 10.1. The molecule has 1 unspecified atom stereocenters. The number of benzene rings is 1. The van der Waals surface area contributed by atoms with E-state index in [9.17, 15) is 9.90 Å². The standard InChI is InChI=1S/C19H22N4O3/c24-14-17(7-6-15-4-2-1-3-5-15)22-8-10-23(11-9-22)19-20-12-16(13-21-19)18(25)26/h1-7,12-13,17,24H,8-11,14H2,(H,25,26). The van der Waals surface area contributed by atoms with Gasteiger partial charge in [-0.2, -0.15) is 0 Å². The summed E-state index contributed by atoms with van der Waals surface area (Å²) in [5.41, 5.74) is 1.19. The zero-order chi connectivity index (χ0) is 18.4. The Hall–Kier alpha value is -2.77. The van der Waals surface area contributed by atoms with Gasteiger partial charge in [-0.05, 0) is 5.56 Å². The molecule has 0 bridgehead atoms. The smallest absolute Gasteiger partial charge is 0.338 e. The molecule has 7 heteroatoms. The molecule has 0 radical (unpaired) electrons. The number of piperazine rings is 1. The second-order valence-electron chi connectivity index (χ2n) is 6.12. The molecule has 0 aliphatic carbocycles. The summed E-state index contributed by atoms with van der Waals surface area (Å²) < 4.78 is 0. The fraction of sp³-hybridized carbons (Fsp3) is 0.316. The number of hydrogen-bond acceptors (Lipinski definition) is 6. The van der Waals surface area contributed by atoms with Crippen LogP contribution < -0.4 is 4.90 Å². The molecule has 0 spiro atoms. The number of aromatic nitrogens is 2. The topological polar surface area (TPSA) is 89.8 Å². The van der Waals surface area contributed by atoms with Gasteiger partial charge in [0.25, 0.3) is 0 Å². The third-order valence-corrected chi connectivity index (χ3v) is 4.45. The van der Waals surface area contributed by atoms with Gasteiger partial charge < -0.3 is 15.1 Å². The zero-order valence-electron chi connectivity index (χ0n) is 14.4. The van der Waals surface area contributed by atoms with Gasteiger partial charge in [0.2, 0.25) is 5.95 Å². The molecule has 3 rings (SSSR count). The van der Waals surface area contributed by atoms with Crippen molar-refractivity contribution in [1.82, 2.24) is 14.9 Å². The number of aliphatic hydroxyl groups excluding tert-OH is 1. The second kappa shape index (κ2) is 8.55. The molecule has 1 atom stereocenters. The Balaban J connectivity index is 1.58. The summed E-state index contributed by atoms with van der Waals surface area (Å²) in [5.74, 6) is -0.493. The van der Waals surface area contributed by atoms with Crippen LogP contribution in [0.4, 0.5) is 5.95 Å². The summed E-state index contributed by atoms with van der Waals surface area (Å²) in [7, 11) is 0. The molecule has 2 aromatic rings. The van der Waals surface area contributed by atoms with E-state index in [0.717, 1.165) is 31.7 Å². The molecule has 2 heterocycles. The van der Waals surface area contributed by atoms with Crippen molar-refractivity contribution in [1.29, 1.82) is 0 Å². The molecule has 1 saturated heterocycles. The summed E-state index contributed by atoms with van der Waals surface area (Å²) >= 11 is 0. The molecule has 1 aliphatic heterocycles. The third kappa shape index (κ3) is 4.44.